The molecule has 0 saturated carbocycles. The summed E-state index contributed by atoms with van der Waals surface area (Å²) in [5.41, 5.74) is 11.9. The summed E-state index contributed by atoms with van der Waals surface area (Å²) < 4.78 is 4.69. The van der Waals surface area contributed by atoms with Gasteiger partial charge in [0.1, 0.15) is 0 Å². The summed E-state index contributed by atoms with van der Waals surface area (Å²) in [5.74, 6) is 1.80. The summed E-state index contributed by atoms with van der Waals surface area (Å²) in [4.78, 5) is 15.7. The number of fused-ring (bicyclic) bond motifs is 13. The molecule has 5 nitrogen and oxygen atoms in total. The van der Waals surface area contributed by atoms with Crippen LogP contribution in [0.3, 0.4) is 0 Å². The Balaban J connectivity index is 0.979. The summed E-state index contributed by atoms with van der Waals surface area (Å²) in [5, 5.41) is 12.2. The highest BCUT2D eigenvalue weighted by atomic mass is 15.2. The number of nitrogens with zero attached hydrogens (tertiary/aromatic N) is 5. The van der Waals surface area contributed by atoms with Gasteiger partial charge in [-0.05, 0) is 91.0 Å². The zero-order valence-corrected chi connectivity index (χ0v) is 36.8. The van der Waals surface area contributed by atoms with Crippen molar-refractivity contribution in [1.29, 1.82) is 0 Å². The molecule has 0 N–H and O–H groups in total. The van der Waals surface area contributed by atoms with Crippen molar-refractivity contribution in [1.82, 2.24) is 24.1 Å². The second-order valence-electron chi connectivity index (χ2n) is 17.6. The molecule has 0 amide bonds. The van der Waals surface area contributed by atoms with Gasteiger partial charge in [0.05, 0.1) is 22.1 Å². The molecular weight excluding hydrogens is 827 g/mol. The van der Waals surface area contributed by atoms with Crippen LogP contribution in [0.15, 0.2) is 237 Å². The number of para-hydroxylation sites is 2. The van der Waals surface area contributed by atoms with Gasteiger partial charge in [-0.25, -0.2) is 4.98 Å². The van der Waals surface area contributed by atoms with E-state index in [1.165, 1.54) is 48.8 Å². The number of rotatable bonds is 6. The van der Waals surface area contributed by atoms with Gasteiger partial charge >= 0.3 is 0 Å². The smallest absolute Gasteiger partial charge is 0.238 e. The lowest BCUT2D eigenvalue weighted by molar-refractivity contribution is 0.953. The molecule has 3 aromatic heterocycles. The van der Waals surface area contributed by atoms with Crippen molar-refractivity contribution in [2.45, 2.75) is 0 Å². The second-order valence-corrected chi connectivity index (χ2v) is 17.6. The van der Waals surface area contributed by atoms with Crippen LogP contribution in [0.2, 0.25) is 0 Å². The van der Waals surface area contributed by atoms with Gasteiger partial charge in [0, 0.05) is 38.4 Å². The fraction of sp³-hybridized carbons (Fsp3) is 0. The number of benzene rings is 11. The van der Waals surface area contributed by atoms with Crippen molar-refractivity contribution in [3.05, 3.63) is 237 Å². The van der Waals surface area contributed by atoms with E-state index in [0.29, 0.717) is 17.6 Å². The van der Waals surface area contributed by atoms with Crippen LogP contribution in [0.5, 0.6) is 0 Å². The van der Waals surface area contributed by atoms with Crippen LogP contribution in [0.1, 0.15) is 0 Å². The molecule has 0 aliphatic rings. The second kappa shape index (κ2) is 15.2. The van der Waals surface area contributed by atoms with E-state index >= 15 is 0 Å². The molecular formula is C63H39N5. The van der Waals surface area contributed by atoms with Gasteiger partial charge in [0.2, 0.25) is 5.95 Å². The lowest BCUT2D eigenvalue weighted by Crippen LogP contribution is -2.07. The van der Waals surface area contributed by atoms with Crippen LogP contribution < -0.4 is 0 Å². The van der Waals surface area contributed by atoms with Crippen molar-refractivity contribution >= 4 is 75.9 Å². The molecule has 3 heterocycles. The van der Waals surface area contributed by atoms with Gasteiger partial charge in [-0.2, -0.15) is 9.97 Å². The minimum absolute atomic E-state index is 0.564. The zero-order chi connectivity index (χ0) is 44.7. The van der Waals surface area contributed by atoms with Crippen LogP contribution in [-0.2, 0) is 0 Å². The third-order valence-corrected chi connectivity index (χ3v) is 13.7. The molecule has 5 heteroatoms. The summed E-state index contributed by atoms with van der Waals surface area (Å²) in [6.07, 6.45) is 0. The Morgan fingerprint density at radius 2 is 0.632 bits per heavy atom. The monoisotopic (exact) mass is 865 g/mol. The molecule has 11 aromatic carbocycles. The maximum atomic E-state index is 5.30. The molecule has 0 unspecified atom stereocenters. The first-order chi connectivity index (χ1) is 33.7. The number of aromatic nitrogens is 5. The minimum atomic E-state index is 0.564. The summed E-state index contributed by atoms with van der Waals surface area (Å²) in [6, 6.07) is 84.7. The van der Waals surface area contributed by atoms with Gasteiger partial charge in [-0.3, -0.25) is 4.57 Å². The molecule has 0 saturated heterocycles. The van der Waals surface area contributed by atoms with Gasteiger partial charge in [0.15, 0.2) is 11.6 Å². The molecule has 0 spiro atoms. The predicted molar refractivity (Wildman–Crippen MR) is 283 cm³/mol. The van der Waals surface area contributed by atoms with E-state index in [-0.39, 0.29) is 0 Å². The molecule has 0 bridgehead atoms. The van der Waals surface area contributed by atoms with E-state index in [1.54, 1.807) is 0 Å². The Morgan fingerprint density at radius 1 is 0.235 bits per heavy atom. The highest BCUT2D eigenvalue weighted by molar-refractivity contribution is 6.26. The normalized spacial score (nSPS) is 11.8. The molecule has 316 valence electrons. The lowest BCUT2D eigenvalue weighted by Gasteiger charge is -2.14. The van der Waals surface area contributed by atoms with Crippen LogP contribution in [0.25, 0.3) is 133 Å². The van der Waals surface area contributed by atoms with E-state index in [1.807, 2.05) is 36.4 Å². The Morgan fingerprint density at radius 3 is 1.21 bits per heavy atom. The lowest BCUT2D eigenvalue weighted by atomic mass is 9.91. The molecule has 0 aliphatic heterocycles. The Kier molecular flexibility index (Phi) is 8.52. The van der Waals surface area contributed by atoms with Gasteiger partial charge in [-0.15, -0.1) is 0 Å². The van der Waals surface area contributed by atoms with Crippen LogP contribution in [-0.4, -0.2) is 24.1 Å². The minimum Gasteiger partial charge on any atom is -0.307 e. The summed E-state index contributed by atoms with van der Waals surface area (Å²) in [7, 11) is 0. The topological polar surface area (TPSA) is 48.5 Å². The van der Waals surface area contributed by atoms with E-state index < -0.39 is 0 Å². The van der Waals surface area contributed by atoms with E-state index in [2.05, 4.69) is 209 Å². The largest absolute Gasteiger partial charge is 0.307 e. The highest BCUT2D eigenvalue weighted by Gasteiger charge is 2.24. The highest BCUT2D eigenvalue weighted by Crippen LogP contribution is 2.43. The van der Waals surface area contributed by atoms with Crippen LogP contribution in [0, 0.1) is 0 Å². The summed E-state index contributed by atoms with van der Waals surface area (Å²) in [6.45, 7) is 0. The van der Waals surface area contributed by atoms with Crippen LogP contribution >= 0.6 is 0 Å². The maximum Gasteiger partial charge on any atom is 0.238 e. The zero-order valence-electron chi connectivity index (χ0n) is 36.8. The van der Waals surface area contributed by atoms with E-state index in [9.17, 15) is 0 Å². The van der Waals surface area contributed by atoms with Crippen molar-refractivity contribution in [2.24, 2.45) is 0 Å². The average Bonchev–Trinajstić information content (AvgIpc) is 3.94. The Labute approximate surface area is 391 Å². The molecule has 68 heavy (non-hydrogen) atoms. The van der Waals surface area contributed by atoms with Gasteiger partial charge in [-0.1, -0.05) is 200 Å². The van der Waals surface area contributed by atoms with Gasteiger partial charge in [0.25, 0.3) is 0 Å². The maximum absolute atomic E-state index is 5.30. The first kappa shape index (κ1) is 38.1. The van der Waals surface area contributed by atoms with Crippen molar-refractivity contribution in [2.75, 3.05) is 0 Å². The molecule has 0 fully saturated rings. The molecule has 14 aromatic rings. The fourth-order valence-corrected chi connectivity index (χ4v) is 10.7. The molecule has 0 atom stereocenters. The first-order valence-electron chi connectivity index (χ1n) is 23.1. The van der Waals surface area contributed by atoms with Crippen molar-refractivity contribution in [3.63, 3.8) is 0 Å². The SMILES string of the molecule is c1ccc(-c2nc(-c3ccccc3)nc(-n3c4ccccc4c4ccc5c6ccccc6n(-c6cccc(-c7cccc(-c8ccc9c%10ccccc%10c%10ccccc%10c9c8)c7)c6)c5c43)n2)cc1. The van der Waals surface area contributed by atoms with E-state index in [4.69, 9.17) is 15.0 Å². The number of hydrogen-bond donors (Lipinski definition) is 0. The third kappa shape index (κ3) is 5.93. The Bertz CT molecular complexity index is 4230. The molecule has 0 aliphatic carbocycles. The van der Waals surface area contributed by atoms with Gasteiger partial charge < -0.3 is 4.57 Å². The molecule has 0 radical (unpaired) electrons. The Hall–Kier alpha value is -9.19. The van der Waals surface area contributed by atoms with Crippen molar-refractivity contribution < 1.29 is 0 Å². The molecule has 14 rings (SSSR count). The fourth-order valence-electron chi connectivity index (χ4n) is 10.7. The number of hydrogen-bond acceptors (Lipinski definition) is 3. The third-order valence-electron chi connectivity index (χ3n) is 13.7. The standard InChI is InChI=1S/C63H39N5/c1-3-17-40(18-4-1)61-64-62(41-19-5-2-6-20-41)66-63(65-61)68-58-32-14-12-30-53(58)55-36-35-54-52-29-11-13-31-57(52)67(59(54)60(55)68)46-24-16-23-44(38-46)42-21-15-22-43(37-42)45-33-34-51-49-27-8-7-25-47(49)48-26-9-10-28-50(48)56(51)39-45/h1-39H. The average molecular weight is 866 g/mol. The summed E-state index contributed by atoms with van der Waals surface area (Å²) >= 11 is 0. The quantitative estimate of drug-likeness (QED) is 0.156. The predicted octanol–water partition coefficient (Wildman–Crippen LogP) is 16.2. The van der Waals surface area contributed by atoms with Crippen molar-refractivity contribution in [3.8, 4) is 56.7 Å². The van der Waals surface area contributed by atoms with E-state index in [0.717, 1.165) is 66.2 Å². The van der Waals surface area contributed by atoms with Crippen LogP contribution in [0.4, 0.5) is 0 Å². The first-order valence-corrected chi connectivity index (χ1v) is 23.1.